The van der Waals surface area contributed by atoms with Gasteiger partial charge in [0.1, 0.15) is 0 Å². The van der Waals surface area contributed by atoms with Crippen LogP contribution >= 0.6 is 23.2 Å². The molecule has 88 valence electrons. The molecule has 0 amide bonds. The van der Waals surface area contributed by atoms with Crippen LogP contribution in [0.3, 0.4) is 0 Å². The average Bonchev–Trinajstić information content (AvgIpc) is 2.29. The molecule has 2 aromatic carbocycles. The summed E-state index contributed by atoms with van der Waals surface area (Å²) in [5.74, 6) is 0. The summed E-state index contributed by atoms with van der Waals surface area (Å²) in [5, 5.41) is 1.65. The largest absolute Gasteiger partial charge is 0.358 e. The van der Waals surface area contributed by atoms with Gasteiger partial charge in [-0.2, -0.15) is 0 Å². The lowest BCUT2D eigenvalue weighted by molar-refractivity contribution is -0.598. The van der Waals surface area contributed by atoms with E-state index in [1.165, 1.54) is 12.7 Å². The van der Waals surface area contributed by atoms with E-state index in [-0.39, 0.29) is 21.2 Å². The highest BCUT2D eigenvalue weighted by molar-refractivity contribution is 6.31. The zero-order chi connectivity index (χ0) is 12.4. The fourth-order valence-corrected chi connectivity index (χ4v) is 4.40. The van der Waals surface area contributed by atoms with E-state index in [0.29, 0.717) is 0 Å². The molecule has 0 saturated carbocycles. The van der Waals surface area contributed by atoms with Gasteiger partial charge in [-0.15, -0.1) is 0 Å². The van der Waals surface area contributed by atoms with E-state index in [1.807, 2.05) is 12.1 Å². The van der Waals surface area contributed by atoms with Gasteiger partial charge in [-0.05, 0) is 55.8 Å². The molecule has 0 aromatic heterocycles. The molecular weight excluding hydrogens is 366 g/mol. The number of aryl methyl sites for hydroxylation is 2. The molecule has 0 atom stereocenters. The predicted octanol–water partition coefficient (Wildman–Crippen LogP) is 1.74. The van der Waals surface area contributed by atoms with E-state index in [1.54, 1.807) is 0 Å². The van der Waals surface area contributed by atoms with Gasteiger partial charge >= 0.3 is 21.2 Å². The van der Waals surface area contributed by atoms with Gasteiger partial charge < -0.3 is 0 Å². The van der Waals surface area contributed by atoms with Crippen LogP contribution in [0.15, 0.2) is 36.4 Å². The fourth-order valence-electron chi connectivity index (χ4n) is 1.46. The Hall–Kier alpha value is -0.250. The molecule has 0 aliphatic heterocycles. The molecule has 2 aromatic rings. The Morgan fingerprint density at radius 1 is 0.882 bits per heavy atom. The third-order valence-electron chi connectivity index (χ3n) is 2.45. The van der Waals surface area contributed by atoms with E-state index >= 15 is 0 Å². The number of halogens is 3. The maximum atomic E-state index is 6.10. The lowest BCUT2D eigenvalue weighted by Gasteiger charge is -1.99. The molecule has 0 radical (unpaired) electrons. The summed E-state index contributed by atoms with van der Waals surface area (Å²) in [5.41, 5.74) is 2.43. The highest BCUT2D eigenvalue weighted by Gasteiger charge is 2.19. The second kappa shape index (κ2) is 5.59. The van der Waals surface area contributed by atoms with Crippen molar-refractivity contribution in [2.24, 2.45) is 0 Å². The van der Waals surface area contributed by atoms with Crippen molar-refractivity contribution in [3.05, 3.63) is 64.7 Å². The molecule has 0 saturated heterocycles. The van der Waals surface area contributed by atoms with Gasteiger partial charge in [-0.1, -0.05) is 23.2 Å². The van der Waals surface area contributed by atoms with Crippen molar-refractivity contribution in [3.63, 3.8) is 0 Å². The Labute approximate surface area is 122 Å². The molecule has 0 aliphatic rings. The van der Waals surface area contributed by atoms with Crippen LogP contribution in [0.2, 0.25) is 10.0 Å². The Bertz CT molecular complexity index is 533. The summed E-state index contributed by atoms with van der Waals surface area (Å²) >= 11 is 11.8. The van der Waals surface area contributed by atoms with E-state index in [9.17, 15) is 0 Å². The van der Waals surface area contributed by atoms with Gasteiger partial charge in [0, 0.05) is 15.6 Å². The minimum absolute atomic E-state index is 0.153. The molecular formula is C14H12Cl2I+. The lowest BCUT2D eigenvalue weighted by atomic mass is 10.2. The molecule has 0 spiro atoms. The smallest absolute Gasteiger partial charge is 0.0843 e. The first-order chi connectivity index (χ1) is 8.06. The second-order valence-corrected chi connectivity index (χ2v) is 7.67. The third kappa shape index (κ3) is 3.36. The van der Waals surface area contributed by atoms with E-state index < -0.39 is 0 Å². The fraction of sp³-hybridized carbons (Fsp3) is 0.143. The van der Waals surface area contributed by atoms with Crippen LogP contribution in [0.4, 0.5) is 0 Å². The van der Waals surface area contributed by atoms with Gasteiger partial charge in [0.15, 0.2) is 7.14 Å². The van der Waals surface area contributed by atoms with E-state index in [2.05, 4.69) is 38.1 Å². The molecule has 0 aliphatic carbocycles. The third-order valence-corrected chi connectivity index (χ3v) is 6.20. The standard InChI is InChI=1S/C14H12Cl2I/c1-9-8-14(10(2)7-13(9)16)17-12-5-3-11(15)4-6-12/h3-8H,1-2H3/q+1. The average molecular weight is 378 g/mol. The summed E-state index contributed by atoms with van der Waals surface area (Å²) in [6.07, 6.45) is 0. The molecule has 2 rings (SSSR count). The second-order valence-electron chi connectivity index (χ2n) is 3.88. The summed E-state index contributed by atoms with van der Waals surface area (Å²) in [6.45, 7) is 4.17. The number of hydrogen-bond acceptors (Lipinski definition) is 0. The highest BCUT2D eigenvalue weighted by atomic mass is 127. The summed E-state index contributed by atoms with van der Waals surface area (Å²) in [6, 6.07) is 12.4. The number of hydrogen-bond donors (Lipinski definition) is 0. The maximum Gasteiger partial charge on any atom is 0.358 e. The monoisotopic (exact) mass is 377 g/mol. The van der Waals surface area contributed by atoms with Crippen LogP contribution in [0.5, 0.6) is 0 Å². The van der Waals surface area contributed by atoms with Crippen molar-refractivity contribution in [1.82, 2.24) is 0 Å². The van der Waals surface area contributed by atoms with Crippen molar-refractivity contribution >= 4 is 23.2 Å². The molecule has 17 heavy (non-hydrogen) atoms. The van der Waals surface area contributed by atoms with E-state index in [0.717, 1.165) is 15.6 Å². The SMILES string of the molecule is Cc1cc([I+]c2ccc(Cl)cc2)c(C)cc1Cl. The van der Waals surface area contributed by atoms with Crippen LogP contribution in [-0.4, -0.2) is 0 Å². The first-order valence-corrected chi connectivity index (χ1v) is 8.15. The van der Waals surface area contributed by atoms with Gasteiger partial charge in [0.25, 0.3) is 0 Å². The molecule has 0 N–H and O–H groups in total. The minimum Gasteiger partial charge on any atom is -0.0843 e. The van der Waals surface area contributed by atoms with Crippen LogP contribution in [0.25, 0.3) is 0 Å². The molecule has 0 unspecified atom stereocenters. The predicted molar refractivity (Wildman–Crippen MR) is 69.8 cm³/mol. The normalized spacial score (nSPS) is 10.6. The van der Waals surface area contributed by atoms with Gasteiger partial charge in [-0.3, -0.25) is 0 Å². The Kier molecular flexibility index (Phi) is 4.34. The Morgan fingerprint density at radius 2 is 1.53 bits per heavy atom. The van der Waals surface area contributed by atoms with Gasteiger partial charge in [0.05, 0.1) is 0 Å². The van der Waals surface area contributed by atoms with Crippen molar-refractivity contribution < 1.29 is 21.2 Å². The first kappa shape index (κ1) is 13.2. The van der Waals surface area contributed by atoms with Crippen LogP contribution in [0.1, 0.15) is 11.1 Å². The Balaban J connectivity index is 2.30. The minimum atomic E-state index is -0.153. The van der Waals surface area contributed by atoms with Crippen LogP contribution in [-0.2, 0) is 0 Å². The quantitative estimate of drug-likeness (QED) is 0.699. The Morgan fingerprint density at radius 3 is 2.18 bits per heavy atom. The van der Waals surface area contributed by atoms with Crippen LogP contribution < -0.4 is 21.2 Å². The van der Waals surface area contributed by atoms with Crippen molar-refractivity contribution in [2.45, 2.75) is 13.8 Å². The van der Waals surface area contributed by atoms with Crippen LogP contribution in [0, 0.1) is 21.0 Å². The number of benzene rings is 2. The van der Waals surface area contributed by atoms with Crippen molar-refractivity contribution in [3.8, 4) is 0 Å². The van der Waals surface area contributed by atoms with Crippen molar-refractivity contribution in [1.29, 1.82) is 0 Å². The highest BCUT2D eigenvalue weighted by Crippen LogP contribution is 2.16. The topological polar surface area (TPSA) is 0 Å². The lowest BCUT2D eigenvalue weighted by Crippen LogP contribution is -3.61. The van der Waals surface area contributed by atoms with E-state index in [4.69, 9.17) is 23.2 Å². The molecule has 3 heteroatoms. The summed E-state index contributed by atoms with van der Waals surface area (Å²) in [4.78, 5) is 0. The zero-order valence-corrected chi connectivity index (χ0v) is 13.3. The summed E-state index contributed by atoms with van der Waals surface area (Å²) in [7, 11) is 0. The molecule has 0 bridgehead atoms. The molecule has 0 fully saturated rings. The number of rotatable bonds is 2. The molecule has 0 heterocycles. The summed E-state index contributed by atoms with van der Waals surface area (Å²) < 4.78 is 2.80. The van der Waals surface area contributed by atoms with Gasteiger partial charge in [-0.25, -0.2) is 0 Å². The first-order valence-electron chi connectivity index (χ1n) is 5.23. The van der Waals surface area contributed by atoms with Gasteiger partial charge in [0.2, 0.25) is 0 Å². The van der Waals surface area contributed by atoms with Crippen molar-refractivity contribution in [2.75, 3.05) is 0 Å². The zero-order valence-electron chi connectivity index (χ0n) is 9.60. The molecule has 0 nitrogen and oxygen atoms in total. The maximum absolute atomic E-state index is 6.10.